The Labute approximate surface area is 119 Å². The Morgan fingerprint density at radius 2 is 2.15 bits per heavy atom. The highest BCUT2D eigenvalue weighted by Gasteiger charge is 2.44. The van der Waals surface area contributed by atoms with E-state index >= 15 is 0 Å². The lowest BCUT2D eigenvalue weighted by Crippen LogP contribution is -2.36. The van der Waals surface area contributed by atoms with Crippen LogP contribution in [-0.4, -0.2) is 46.8 Å². The number of aliphatic hydroxyl groups excluding tert-OH is 2. The van der Waals surface area contributed by atoms with Crippen molar-refractivity contribution in [1.29, 1.82) is 0 Å². The molecule has 112 valence electrons. The summed E-state index contributed by atoms with van der Waals surface area (Å²) in [6.45, 7) is -1.02. The van der Waals surface area contributed by atoms with E-state index in [1.165, 1.54) is 17.0 Å². The second kappa shape index (κ2) is 5.89. The van der Waals surface area contributed by atoms with Crippen molar-refractivity contribution in [2.75, 3.05) is 19.7 Å². The van der Waals surface area contributed by atoms with E-state index in [2.05, 4.69) is 0 Å². The van der Waals surface area contributed by atoms with Gasteiger partial charge in [0.15, 0.2) is 0 Å². The second-order valence-electron chi connectivity index (χ2n) is 5.02. The van der Waals surface area contributed by atoms with Crippen molar-refractivity contribution in [2.45, 2.75) is 24.5 Å². The van der Waals surface area contributed by atoms with Crippen LogP contribution in [0.1, 0.15) is 18.1 Å². The third-order valence-corrected chi connectivity index (χ3v) is 3.74. The zero-order valence-corrected chi connectivity index (χ0v) is 11.3. The van der Waals surface area contributed by atoms with Gasteiger partial charge in [0.2, 0.25) is 0 Å². The molecule has 20 heavy (non-hydrogen) atoms. The van der Waals surface area contributed by atoms with Gasteiger partial charge in [0.05, 0.1) is 24.3 Å². The summed E-state index contributed by atoms with van der Waals surface area (Å²) in [7, 11) is 0. The molecule has 0 saturated carbocycles. The molecule has 0 aliphatic carbocycles. The Bertz CT molecular complexity index is 487. The first-order valence-corrected chi connectivity index (χ1v) is 6.56. The lowest BCUT2D eigenvalue weighted by molar-refractivity contribution is 0.00739. The monoisotopic (exact) mass is 309 g/mol. The Morgan fingerprint density at radius 1 is 1.45 bits per heavy atom. The normalized spacial score (nSPS) is 24.0. The maximum atomic E-state index is 13.3. The van der Waals surface area contributed by atoms with E-state index in [0.29, 0.717) is 0 Å². The smallest absolute Gasteiger partial charge is 0.262 e. The summed E-state index contributed by atoms with van der Waals surface area (Å²) < 4.78 is 39.9. The summed E-state index contributed by atoms with van der Waals surface area (Å²) in [6.07, 6.45) is -1.56. The molecule has 2 rings (SSSR count). The first-order valence-electron chi connectivity index (χ1n) is 6.18. The molecular weight excluding hydrogens is 295 g/mol. The number of benzene rings is 1. The quantitative estimate of drug-likeness (QED) is 0.896. The van der Waals surface area contributed by atoms with Gasteiger partial charge in [-0.2, -0.15) is 0 Å². The number of β-amino-alcohol motifs (C(OH)–C–C–N with tert-alkyl or cyclic N) is 1. The van der Waals surface area contributed by atoms with Crippen LogP contribution in [0.3, 0.4) is 0 Å². The van der Waals surface area contributed by atoms with E-state index in [0.717, 1.165) is 6.07 Å². The minimum Gasteiger partial charge on any atom is -0.395 e. The zero-order chi connectivity index (χ0) is 14.9. The van der Waals surface area contributed by atoms with Crippen LogP contribution in [0.5, 0.6) is 0 Å². The Morgan fingerprint density at radius 3 is 2.75 bits per heavy atom. The Hall–Kier alpha value is -0.820. The fourth-order valence-corrected chi connectivity index (χ4v) is 2.52. The van der Waals surface area contributed by atoms with Gasteiger partial charge in [-0.05, 0) is 17.7 Å². The number of nitrogens with zero attached hydrogens (tertiary/aromatic N) is 1. The fraction of sp³-hybridized carbons (Fsp3) is 0.538. The molecule has 0 amide bonds. The minimum atomic E-state index is -2.88. The SMILES string of the molecule is OCC1CC(F)(F)CN1CC(O)c1ccc(Cl)c(F)c1. The van der Waals surface area contributed by atoms with Gasteiger partial charge in [-0.25, -0.2) is 13.2 Å². The van der Waals surface area contributed by atoms with Crippen LogP contribution in [-0.2, 0) is 0 Å². The molecular formula is C13H15ClF3NO2. The lowest BCUT2D eigenvalue weighted by atomic mass is 10.1. The first-order chi connectivity index (χ1) is 9.32. The van der Waals surface area contributed by atoms with Crippen LogP contribution < -0.4 is 0 Å². The third kappa shape index (κ3) is 3.44. The van der Waals surface area contributed by atoms with Crippen LogP contribution in [0.2, 0.25) is 5.02 Å². The molecule has 1 aromatic rings. The predicted octanol–water partition coefficient (Wildman–Crippen LogP) is 2.21. The van der Waals surface area contributed by atoms with Gasteiger partial charge >= 0.3 is 0 Å². The summed E-state index contributed by atoms with van der Waals surface area (Å²) >= 11 is 5.54. The van der Waals surface area contributed by atoms with Crippen LogP contribution in [0.15, 0.2) is 18.2 Å². The second-order valence-corrected chi connectivity index (χ2v) is 5.42. The van der Waals surface area contributed by atoms with Gasteiger partial charge in [0.25, 0.3) is 5.92 Å². The van der Waals surface area contributed by atoms with Crippen LogP contribution in [0, 0.1) is 5.82 Å². The first kappa shape index (κ1) is 15.6. The van der Waals surface area contributed by atoms with Crippen molar-refractivity contribution < 1.29 is 23.4 Å². The molecule has 7 heteroatoms. The highest BCUT2D eigenvalue weighted by molar-refractivity contribution is 6.30. The molecule has 1 aliphatic rings. The largest absolute Gasteiger partial charge is 0.395 e. The number of alkyl halides is 2. The van der Waals surface area contributed by atoms with Crippen LogP contribution in [0.25, 0.3) is 0 Å². The average molecular weight is 310 g/mol. The van der Waals surface area contributed by atoms with E-state index in [1.807, 2.05) is 0 Å². The predicted molar refractivity (Wildman–Crippen MR) is 68.4 cm³/mol. The Balaban J connectivity index is 2.07. The van der Waals surface area contributed by atoms with E-state index < -0.39 is 43.5 Å². The summed E-state index contributed by atoms with van der Waals surface area (Å²) in [5.74, 6) is -3.55. The van der Waals surface area contributed by atoms with Gasteiger partial charge in [-0.1, -0.05) is 17.7 Å². The number of rotatable bonds is 4. The Kier molecular flexibility index (Phi) is 4.59. The van der Waals surface area contributed by atoms with Gasteiger partial charge < -0.3 is 10.2 Å². The van der Waals surface area contributed by atoms with Crippen molar-refractivity contribution in [3.63, 3.8) is 0 Å². The van der Waals surface area contributed by atoms with Gasteiger partial charge in [-0.3, -0.25) is 4.90 Å². The van der Waals surface area contributed by atoms with Gasteiger partial charge in [0, 0.05) is 19.0 Å². The zero-order valence-electron chi connectivity index (χ0n) is 10.6. The summed E-state index contributed by atoms with van der Waals surface area (Å²) in [4.78, 5) is 1.32. The maximum Gasteiger partial charge on any atom is 0.262 e. The third-order valence-electron chi connectivity index (χ3n) is 3.43. The molecule has 0 radical (unpaired) electrons. The number of likely N-dealkylation sites (tertiary alicyclic amines) is 1. The number of hydrogen-bond acceptors (Lipinski definition) is 3. The standard InChI is InChI=1S/C13H15ClF3NO2/c14-10-2-1-8(3-11(10)15)12(20)5-18-7-13(16,17)4-9(18)6-19/h1-3,9,12,19-20H,4-7H2. The molecule has 2 unspecified atom stereocenters. The van der Waals surface area contributed by atoms with Crippen molar-refractivity contribution in [3.8, 4) is 0 Å². The van der Waals surface area contributed by atoms with Crippen LogP contribution >= 0.6 is 11.6 Å². The van der Waals surface area contributed by atoms with Crippen molar-refractivity contribution in [3.05, 3.63) is 34.6 Å². The van der Waals surface area contributed by atoms with Crippen molar-refractivity contribution >= 4 is 11.6 Å². The van der Waals surface area contributed by atoms with Crippen LogP contribution in [0.4, 0.5) is 13.2 Å². The topological polar surface area (TPSA) is 43.7 Å². The van der Waals surface area contributed by atoms with E-state index in [4.69, 9.17) is 16.7 Å². The molecule has 1 saturated heterocycles. The highest BCUT2D eigenvalue weighted by Crippen LogP contribution is 2.33. The molecule has 1 aromatic carbocycles. The maximum absolute atomic E-state index is 13.3. The minimum absolute atomic E-state index is 0.0677. The molecule has 0 bridgehead atoms. The molecule has 1 fully saturated rings. The molecule has 1 heterocycles. The van der Waals surface area contributed by atoms with Crippen molar-refractivity contribution in [2.24, 2.45) is 0 Å². The van der Waals surface area contributed by atoms with Gasteiger partial charge in [-0.15, -0.1) is 0 Å². The average Bonchev–Trinajstić information content (AvgIpc) is 2.67. The fourth-order valence-electron chi connectivity index (χ4n) is 2.41. The number of halogens is 4. The van der Waals surface area contributed by atoms with E-state index in [-0.39, 0.29) is 17.1 Å². The molecule has 0 spiro atoms. The van der Waals surface area contributed by atoms with E-state index in [1.54, 1.807) is 0 Å². The summed E-state index contributed by atoms with van der Waals surface area (Å²) in [5, 5.41) is 19.0. The molecule has 1 aliphatic heterocycles. The number of aliphatic hydroxyl groups is 2. The molecule has 3 nitrogen and oxygen atoms in total. The lowest BCUT2D eigenvalue weighted by Gasteiger charge is -2.25. The van der Waals surface area contributed by atoms with Gasteiger partial charge in [0.1, 0.15) is 5.82 Å². The highest BCUT2D eigenvalue weighted by atomic mass is 35.5. The molecule has 0 aromatic heterocycles. The van der Waals surface area contributed by atoms with Crippen molar-refractivity contribution in [1.82, 2.24) is 4.90 Å². The molecule has 2 atom stereocenters. The number of hydrogen-bond donors (Lipinski definition) is 2. The summed E-state index contributed by atoms with van der Waals surface area (Å²) in [5.41, 5.74) is 0.263. The van der Waals surface area contributed by atoms with E-state index in [9.17, 15) is 18.3 Å². The molecule has 2 N–H and O–H groups in total. The summed E-state index contributed by atoms with van der Waals surface area (Å²) in [6, 6.07) is 3.13.